The highest BCUT2D eigenvalue weighted by atomic mass is 19.1. The van der Waals surface area contributed by atoms with Crippen LogP contribution in [-0.2, 0) is 9.47 Å². The summed E-state index contributed by atoms with van der Waals surface area (Å²) in [6.07, 6.45) is 2.09. The van der Waals surface area contributed by atoms with Crippen molar-refractivity contribution in [3.63, 3.8) is 0 Å². The van der Waals surface area contributed by atoms with E-state index in [-0.39, 0.29) is 23.9 Å². The number of benzene rings is 1. The molecule has 114 valence electrons. The molecule has 21 heavy (non-hydrogen) atoms. The minimum Gasteiger partial charge on any atom is -0.465 e. The molecule has 0 aliphatic carbocycles. The monoisotopic (exact) mass is 294 g/mol. The lowest BCUT2D eigenvalue weighted by molar-refractivity contribution is 0.0963. The van der Waals surface area contributed by atoms with Gasteiger partial charge in [-0.25, -0.2) is 9.38 Å². The van der Waals surface area contributed by atoms with Crippen molar-refractivity contribution in [2.45, 2.75) is 25.9 Å². The van der Waals surface area contributed by atoms with E-state index < -0.39 is 0 Å². The van der Waals surface area contributed by atoms with Gasteiger partial charge in [0.05, 0.1) is 19.3 Å². The van der Waals surface area contributed by atoms with Crippen LogP contribution in [-0.4, -0.2) is 37.8 Å². The van der Waals surface area contributed by atoms with E-state index in [1.165, 1.54) is 24.3 Å². The lowest BCUT2D eigenvalue weighted by atomic mass is 10.2. The summed E-state index contributed by atoms with van der Waals surface area (Å²) in [7, 11) is 0. The Morgan fingerprint density at radius 2 is 2.24 bits per heavy atom. The molecule has 1 aromatic rings. The molecule has 0 aromatic heterocycles. The summed E-state index contributed by atoms with van der Waals surface area (Å²) in [5, 5.41) is 2.59. The first-order valence-corrected chi connectivity index (χ1v) is 7.05. The number of hydrogen-bond donors (Lipinski definition) is 1. The molecular formula is C15H19FN2O3. The fraction of sp³-hybridized carbons (Fsp3) is 0.467. The predicted molar refractivity (Wildman–Crippen MR) is 76.8 cm³/mol. The molecule has 1 heterocycles. The van der Waals surface area contributed by atoms with Gasteiger partial charge in [-0.1, -0.05) is 0 Å². The highest BCUT2D eigenvalue weighted by Crippen LogP contribution is 2.12. The molecule has 0 spiro atoms. The van der Waals surface area contributed by atoms with E-state index in [2.05, 4.69) is 10.3 Å². The van der Waals surface area contributed by atoms with Crippen LogP contribution < -0.4 is 5.32 Å². The first kappa shape index (κ1) is 15.4. The summed E-state index contributed by atoms with van der Waals surface area (Å²) in [6.45, 7) is 3.42. The minimum absolute atomic E-state index is 0.0863. The van der Waals surface area contributed by atoms with E-state index in [9.17, 15) is 9.18 Å². The van der Waals surface area contributed by atoms with Crippen LogP contribution in [0.3, 0.4) is 0 Å². The van der Waals surface area contributed by atoms with Gasteiger partial charge in [-0.2, -0.15) is 0 Å². The maximum absolute atomic E-state index is 12.8. The standard InChI is InChI=1S/C15H19FN2O3/c1-2-20-15(17-10-13-4-3-9-21-13)18-14(19)11-5-7-12(16)8-6-11/h5-8,13H,2-4,9-10H2,1H3,(H,17,18,19)/t13-/m0/s1. The van der Waals surface area contributed by atoms with Gasteiger partial charge in [0.15, 0.2) is 0 Å². The Morgan fingerprint density at radius 3 is 2.86 bits per heavy atom. The molecule has 1 N–H and O–H groups in total. The lowest BCUT2D eigenvalue weighted by Crippen LogP contribution is -2.33. The molecule has 1 atom stereocenters. The molecule has 0 bridgehead atoms. The molecule has 1 aromatic carbocycles. The highest BCUT2D eigenvalue weighted by Gasteiger charge is 2.16. The SMILES string of the molecule is CCOC(=NC[C@@H]1CCCO1)NC(=O)c1ccc(F)cc1. The van der Waals surface area contributed by atoms with Crippen LogP contribution in [0.2, 0.25) is 0 Å². The number of carbonyl (C=O) groups excluding carboxylic acids is 1. The molecule has 2 rings (SSSR count). The molecule has 1 aliphatic heterocycles. The molecule has 6 heteroatoms. The molecule has 0 radical (unpaired) electrons. The highest BCUT2D eigenvalue weighted by molar-refractivity contribution is 6.04. The maximum atomic E-state index is 12.8. The Balaban J connectivity index is 1.95. The molecule has 0 unspecified atom stereocenters. The van der Waals surface area contributed by atoms with E-state index in [4.69, 9.17) is 9.47 Å². The van der Waals surface area contributed by atoms with Gasteiger partial charge < -0.3 is 9.47 Å². The van der Waals surface area contributed by atoms with Gasteiger partial charge in [0.25, 0.3) is 11.9 Å². The van der Waals surface area contributed by atoms with Gasteiger partial charge >= 0.3 is 0 Å². The fourth-order valence-electron chi connectivity index (χ4n) is 2.00. The number of amides is 1. The summed E-state index contributed by atoms with van der Waals surface area (Å²) >= 11 is 0. The Morgan fingerprint density at radius 1 is 1.48 bits per heavy atom. The largest absolute Gasteiger partial charge is 0.465 e. The maximum Gasteiger partial charge on any atom is 0.291 e. The fourth-order valence-corrected chi connectivity index (χ4v) is 2.00. The number of carbonyl (C=O) groups is 1. The normalized spacial score (nSPS) is 18.6. The van der Waals surface area contributed by atoms with Crippen LogP contribution in [0.4, 0.5) is 4.39 Å². The van der Waals surface area contributed by atoms with Gasteiger partial charge in [0.1, 0.15) is 5.82 Å². The molecule has 0 saturated carbocycles. The van der Waals surface area contributed by atoms with Crippen LogP contribution in [0.5, 0.6) is 0 Å². The van der Waals surface area contributed by atoms with Gasteiger partial charge in [0.2, 0.25) is 0 Å². The number of halogens is 1. The van der Waals surface area contributed by atoms with Crippen molar-refractivity contribution >= 4 is 11.9 Å². The summed E-state index contributed by atoms with van der Waals surface area (Å²) < 4.78 is 23.6. The van der Waals surface area contributed by atoms with Crippen LogP contribution in [0, 0.1) is 5.82 Å². The van der Waals surface area contributed by atoms with Crippen molar-refractivity contribution < 1.29 is 18.7 Å². The van der Waals surface area contributed by atoms with E-state index in [1.54, 1.807) is 0 Å². The molecule has 1 fully saturated rings. The van der Waals surface area contributed by atoms with Crippen molar-refractivity contribution in [3.8, 4) is 0 Å². The predicted octanol–water partition coefficient (Wildman–Crippen LogP) is 2.13. The second-order valence-corrected chi connectivity index (χ2v) is 4.67. The number of aliphatic imine (C=N–C) groups is 1. The molecule has 1 saturated heterocycles. The third kappa shape index (κ3) is 4.82. The zero-order valence-electron chi connectivity index (χ0n) is 12.0. The lowest BCUT2D eigenvalue weighted by Gasteiger charge is -2.11. The third-order valence-electron chi connectivity index (χ3n) is 3.07. The van der Waals surface area contributed by atoms with Crippen LogP contribution in [0.25, 0.3) is 0 Å². The van der Waals surface area contributed by atoms with Gasteiger partial charge in [-0.05, 0) is 44.0 Å². The average Bonchev–Trinajstić information content (AvgIpc) is 2.99. The zero-order valence-corrected chi connectivity index (χ0v) is 12.0. The average molecular weight is 294 g/mol. The number of nitrogens with zero attached hydrogens (tertiary/aromatic N) is 1. The first-order valence-electron chi connectivity index (χ1n) is 7.05. The molecule has 1 aliphatic rings. The van der Waals surface area contributed by atoms with E-state index in [0.29, 0.717) is 18.7 Å². The number of nitrogens with one attached hydrogen (secondary N) is 1. The van der Waals surface area contributed by atoms with Crippen molar-refractivity contribution in [3.05, 3.63) is 35.6 Å². The molecular weight excluding hydrogens is 275 g/mol. The zero-order chi connectivity index (χ0) is 15.1. The topological polar surface area (TPSA) is 59.9 Å². The van der Waals surface area contributed by atoms with Crippen LogP contribution >= 0.6 is 0 Å². The van der Waals surface area contributed by atoms with Crippen LogP contribution in [0.1, 0.15) is 30.1 Å². The van der Waals surface area contributed by atoms with Gasteiger partial charge in [0, 0.05) is 12.2 Å². The minimum atomic E-state index is -0.386. The van der Waals surface area contributed by atoms with E-state index >= 15 is 0 Å². The van der Waals surface area contributed by atoms with Crippen molar-refractivity contribution in [2.24, 2.45) is 4.99 Å². The van der Waals surface area contributed by atoms with Crippen molar-refractivity contribution in [1.82, 2.24) is 5.32 Å². The Bertz CT molecular complexity index is 496. The Labute approximate surface area is 123 Å². The number of rotatable bonds is 4. The Kier molecular flexibility index (Phi) is 5.68. The Hall–Kier alpha value is -1.95. The van der Waals surface area contributed by atoms with E-state index in [1.807, 2.05) is 6.92 Å². The first-order chi connectivity index (χ1) is 10.2. The summed E-state index contributed by atoms with van der Waals surface area (Å²) in [6, 6.07) is 5.46. The third-order valence-corrected chi connectivity index (χ3v) is 3.07. The molecule has 5 nitrogen and oxygen atoms in total. The van der Waals surface area contributed by atoms with Gasteiger partial charge in [-0.15, -0.1) is 0 Å². The van der Waals surface area contributed by atoms with Crippen molar-refractivity contribution in [1.29, 1.82) is 0 Å². The number of ether oxygens (including phenoxy) is 2. The van der Waals surface area contributed by atoms with Crippen molar-refractivity contribution in [2.75, 3.05) is 19.8 Å². The summed E-state index contributed by atoms with van der Waals surface area (Å²) in [5.74, 6) is -0.766. The van der Waals surface area contributed by atoms with Crippen LogP contribution in [0.15, 0.2) is 29.3 Å². The number of hydrogen-bond acceptors (Lipinski definition) is 4. The summed E-state index contributed by atoms with van der Waals surface area (Å²) in [4.78, 5) is 16.3. The second kappa shape index (κ2) is 7.73. The van der Waals surface area contributed by atoms with Gasteiger partial charge in [-0.3, -0.25) is 10.1 Å². The summed E-state index contributed by atoms with van der Waals surface area (Å²) in [5.41, 5.74) is 0.348. The second-order valence-electron chi connectivity index (χ2n) is 4.67. The quantitative estimate of drug-likeness (QED) is 0.683. The number of amidine groups is 1. The smallest absolute Gasteiger partial charge is 0.291 e. The molecule has 1 amide bonds. The van der Waals surface area contributed by atoms with E-state index in [0.717, 1.165) is 19.4 Å².